The number of hydrogen-bond acceptors (Lipinski definition) is 1. The van der Waals surface area contributed by atoms with E-state index in [0.717, 1.165) is 11.3 Å². The van der Waals surface area contributed by atoms with Gasteiger partial charge in [-0.2, -0.15) is 0 Å². The van der Waals surface area contributed by atoms with Gasteiger partial charge in [0.2, 0.25) is 0 Å². The summed E-state index contributed by atoms with van der Waals surface area (Å²) >= 11 is 0. The number of pyridine rings is 1. The molecule has 2 rings (SSSR count). The molecule has 0 bridgehead atoms. The second kappa shape index (κ2) is 4.22. The molecule has 0 aliphatic rings. The fourth-order valence-corrected chi connectivity index (χ4v) is 1.55. The fourth-order valence-electron chi connectivity index (χ4n) is 1.55. The van der Waals surface area contributed by atoms with Crippen LogP contribution in [0.5, 0.6) is 0 Å². The van der Waals surface area contributed by atoms with Gasteiger partial charge < -0.3 is 0 Å². The summed E-state index contributed by atoms with van der Waals surface area (Å²) in [6, 6.07) is 10.6. The lowest BCUT2D eigenvalue weighted by molar-refractivity contribution is 0.626. The second-order valence-corrected chi connectivity index (χ2v) is 3.63. The molecule has 0 radical (unpaired) electrons. The molecule has 0 unspecified atom stereocenters. The van der Waals surface area contributed by atoms with Gasteiger partial charge in [0.05, 0.1) is 0 Å². The van der Waals surface area contributed by atoms with Gasteiger partial charge in [-0.3, -0.25) is 4.98 Å². The number of hydrogen-bond donors (Lipinski definition) is 0. The van der Waals surface area contributed by atoms with E-state index in [-0.39, 0.29) is 5.82 Å². The van der Waals surface area contributed by atoms with E-state index < -0.39 is 0 Å². The predicted octanol–water partition coefficient (Wildman–Crippen LogP) is 3.12. The first-order valence-corrected chi connectivity index (χ1v) is 4.90. The Balaban J connectivity index is 2.22. The number of halogens is 1. The molecule has 1 aromatic heterocycles. The van der Waals surface area contributed by atoms with E-state index in [1.54, 1.807) is 18.3 Å². The minimum atomic E-state index is -0.194. The summed E-state index contributed by atoms with van der Waals surface area (Å²) in [5.74, 6) is -0.194. The van der Waals surface area contributed by atoms with Crippen LogP contribution in [0.2, 0.25) is 0 Å². The number of rotatable bonds is 2. The molecular weight excluding hydrogens is 189 g/mol. The Labute approximate surface area is 88.6 Å². The van der Waals surface area contributed by atoms with Crippen molar-refractivity contribution in [2.75, 3.05) is 0 Å². The van der Waals surface area contributed by atoms with Crippen molar-refractivity contribution in [1.82, 2.24) is 4.98 Å². The number of nitrogens with zero attached hydrogens (tertiary/aromatic N) is 1. The molecule has 0 amide bonds. The van der Waals surface area contributed by atoms with Crippen molar-refractivity contribution in [2.24, 2.45) is 0 Å². The maximum atomic E-state index is 12.9. The van der Waals surface area contributed by atoms with Crippen LogP contribution in [0.25, 0.3) is 0 Å². The zero-order valence-electron chi connectivity index (χ0n) is 8.57. The molecule has 0 saturated heterocycles. The van der Waals surface area contributed by atoms with E-state index in [4.69, 9.17) is 0 Å². The summed E-state index contributed by atoms with van der Waals surface area (Å²) in [7, 11) is 0. The Morgan fingerprint density at radius 3 is 2.80 bits per heavy atom. The maximum Gasteiger partial charge on any atom is 0.123 e. The van der Waals surface area contributed by atoms with Crippen LogP contribution in [0, 0.1) is 12.7 Å². The number of benzene rings is 1. The van der Waals surface area contributed by atoms with Gasteiger partial charge in [0.15, 0.2) is 0 Å². The van der Waals surface area contributed by atoms with Gasteiger partial charge in [-0.05, 0) is 42.3 Å². The van der Waals surface area contributed by atoms with E-state index >= 15 is 0 Å². The lowest BCUT2D eigenvalue weighted by Gasteiger charge is -2.02. The van der Waals surface area contributed by atoms with Crippen LogP contribution in [-0.4, -0.2) is 4.98 Å². The van der Waals surface area contributed by atoms with E-state index in [0.29, 0.717) is 6.42 Å². The Bertz CT molecular complexity index is 422. The minimum Gasteiger partial charge on any atom is -0.261 e. The van der Waals surface area contributed by atoms with Crippen LogP contribution >= 0.6 is 0 Å². The molecule has 1 heterocycles. The molecule has 2 heteroatoms. The smallest absolute Gasteiger partial charge is 0.123 e. The highest BCUT2D eigenvalue weighted by Crippen LogP contribution is 2.09. The fraction of sp³-hybridized carbons (Fsp3) is 0.154. The standard InChI is InChI=1S/C13H12FN/c1-10-5-6-15-13(7-10)9-11-3-2-4-12(14)8-11/h2-8H,9H2,1H3. The molecule has 0 aliphatic heterocycles. The van der Waals surface area contributed by atoms with Crippen LogP contribution in [0.3, 0.4) is 0 Å². The lowest BCUT2D eigenvalue weighted by atomic mass is 10.1. The topological polar surface area (TPSA) is 12.9 Å². The van der Waals surface area contributed by atoms with Crippen molar-refractivity contribution >= 4 is 0 Å². The Hall–Kier alpha value is -1.70. The minimum absolute atomic E-state index is 0.194. The zero-order valence-corrected chi connectivity index (χ0v) is 8.57. The van der Waals surface area contributed by atoms with Crippen molar-refractivity contribution in [3.63, 3.8) is 0 Å². The molecule has 0 atom stereocenters. The van der Waals surface area contributed by atoms with E-state index in [1.807, 2.05) is 25.1 Å². The molecule has 1 aromatic carbocycles. The van der Waals surface area contributed by atoms with Gasteiger partial charge in [-0.1, -0.05) is 12.1 Å². The lowest BCUT2D eigenvalue weighted by Crippen LogP contribution is -1.92. The Kier molecular flexibility index (Phi) is 2.77. The van der Waals surface area contributed by atoms with Crippen LogP contribution < -0.4 is 0 Å². The molecule has 0 spiro atoms. The molecule has 76 valence electrons. The molecule has 15 heavy (non-hydrogen) atoms. The van der Waals surface area contributed by atoms with Crippen molar-refractivity contribution in [2.45, 2.75) is 13.3 Å². The van der Waals surface area contributed by atoms with Crippen molar-refractivity contribution in [3.05, 3.63) is 65.2 Å². The van der Waals surface area contributed by atoms with Crippen LogP contribution in [0.1, 0.15) is 16.8 Å². The van der Waals surface area contributed by atoms with Crippen LogP contribution in [-0.2, 0) is 6.42 Å². The first-order chi connectivity index (χ1) is 7.24. The summed E-state index contributed by atoms with van der Waals surface area (Å²) in [5.41, 5.74) is 3.10. The monoisotopic (exact) mass is 201 g/mol. The van der Waals surface area contributed by atoms with E-state index in [9.17, 15) is 4.39 Å². The molecule has 0 fully saturated rings. The van der Waals surface area contributed by atoms with E-state index in [2.05, 4.69) is 4.98 Å². The third-order valence-electron chi connectivity index (χ3n) is 2.25. The quantitative estimate of drug-likeness (QED) is 0.727. The normalized spacial score (nSPS) is 10.3. The summed E-state index contributed by atoms with van der Waals surface area (Å²) in [5, 5.41) is 0. The van der Waals surface area contributed by atoms with Gasteiger partial charge in [0.25, 0.3) is 0 Å². The number of aromatic nitrogens is 1. The largest absolute Gasteiger partial charge is 0.261 e. The highest BCUT2D eigenvalue weighted by Gasteiger charge is 1.99. The maximum absolute atomic E-state index is 12.9. The highest BCUT2D eigenvalue weighted by atomic mass is 19.1. The molecule has 0 saturated carbocycles. The van der Waals surface area contributed by atoms with Gasteiger partial charge in [0.1, 0.15) is 5.82 Å². The molecule has 2 aromatic rings. The highest BCUT2D eigenvalue weighted by molar-refractivity contribution is 5.24. The zero-order chi connectivity index (χ0) is 10.7. The predicted molar refractivity (Wildman–Crippen MR) is 58.2 cm³/mol. The van der Waals surface area contributed by atoms with Crippen molar-refractivity contribution < 1.29 is 4.39 Å². The average molecular weight is 201 g/mol. The average Bonchev–Trinajstić information content (AvgIpc) is 2.17. The molecule has 1 nitrogen and oxygen atoms in total. The summed E-state index contributed by atoms with van der Waals surface area (Å²) in [6.07, 6.45) is 2.46. The summed E-state index contributed by atoms with van der Waals surface area (Å²) in [6.45, 7) is 2.02. The van der Waals surface area contributed by atoms with Gasteiger partial charge in [0, 0.05) is 18.3 Å². The van der Waals surface area contributed by atoms with Gasteiger partial charge >= 0.3 is 0 Å². The summed E-state index contributed by atoms with van der Waals surface area (Å²) < 4.78 is 12.9. The number of aryl methyl sites for hydroxylation is 1. The summed E-state index contributed by atoms with van der Waals surface area (Å²) in [4.78, 5) is 4.24. The molecule has 0 N–H and O–H groups in total. The first-order valence-electron chi connectivity index (χ1n) is 4.90. The first kappa shape index (κ1) is 9.84. The van der Waals surface area contributed by atoms with Crippen LogP contribution in [0.15, 0.2) is 42.6 Å². The molecular formula is C13H12FN. The Morgan fingerprint density at radius 2 is 2.07 bits per heavy atom. The third-order valence-corrected chi connectivity index (χ3v) is 2.25. The van der Waals surface area contributed by atoms with Gasteiger partial charge in [-0.25, -0.2) is 4.39 Å². The van der Waals surface area contributed by atoms with Crippen LogP contribution in [0.4, 0.5) is 4.39 Å². The third kappa shape index (κ3) is 2.62. The second-order valence-electron chi connectivity index (χ2n) is 3.63. The SMILES string of the molecule is Cc1ccnc(Cc2cccc(F)c2)c1. The van der Waals surface area contributed by atoms with E-state index in [1.165, 1.54) is 11.6 Å². The van der Waals surface area contributed by atoms with Crippen molar-refractivity contribution in [1.29, 1.82) is 0 Å². The molecule has 0 aliphatic carbocycles. The van der Waals surface area contributed by atoms with Gasteiger partial charge in [-0.15, -0.1) is 0 Å². The van der Waals surface area contributed by atoms with Crippen molar-refractivity contribution in [3.8, 4) is 0 Å². The Morgan fingerprint density at radius 1 is 1.20 bits per heavy atom.